The van der Waals surface area contributed by atoms with Crippen LogP contribution in [-0.2, 0) is 20.9 Å². The average molecular weight is 399 g/mol. The van der Waals surface area contributed by atoms with Gasteiger partial charge in [-0.15, -0.1) is 0 Å². The number of benzene rings is 1. The van der Waals surface area contributed by atoms with E-state index in [1.54, 1.807) is 12.0 Å². The summed E-state index contributed by atoms with van der Waals surface area (Å²) in [7, 11) is 1.64. The predicted molar refractivity (Wildman–Crippen MR) is 112 cm³/mol. The molecule has 29 heavy (non-hydrogen) atoms. The van der Waals surface area contributed by atoms with Crippen LogP contribution in [-0.4, -0.2) is 43.5 Å². The summed E-state index contributed by atoms with van der Waals surface area (Å²) in [6, 6.07) is 9.94. The van der Waals surface area contributed by atoms with E-state index in [-0.39, 0.29) is 23.8 Å². The molecule has 5 heteroatoms. The standard InChI is InChI=1S/C24H34N2O3/c1-29-8-7-26(17-18-5-3-2-4-6-18)23(28)16-25-22(27)15-24-12-19-9-20(13-24)11-21(10-19)14-24/h2-6,19-21H,7-17H2,1H3,(H,25,27). The maximum absolute atomic E-state index is 12.8. The molecule has 4 fully saturated rings. The van der Waals surface area contributed by atoms with Crippen molar-refractivity contribution in [1.29, 1.82) is 0 Å². The zero-order valence-electron chi connectivity index (χ0n) is 17.6. The summed E-state index contributed by atoms with van der Waals surface area (Å²) in [5, 5.41) is 2.93. The third-order valence-corrected chi connectivity index (χ3v) is 7.27. The van der Waals surface area contributed by atoms with Gasteiger partial charge in [0, 0.05) is 26.6 Å². The lowest BCUT2D eigenvalue weighted by atomic mass is 9.49. The second kappa shape index (κ2) is 8.86. The minimum Gasteiger partial charge on any atom is -0.383 e. The van der Waals surface area contributed by atoms with Gasteiger partial charge in [0.1, 0.15) is 0 Å². The van der Waals surface area contributed by atoms with Crippen molar-refractivity contribution >= 4 is 11.8 Å². The van der Waals surface area contributed by atoms with E-state index in [4.69, 9.17) is 4.74 Å². The number of rotatable bonds is 9. The Morgan fingerprint density at radius 3 is 2.28 bits per heavy atom. The first-order valence-corrected chi connectivity index (χ1v) is 11.1. The Kier molecular flexibility index (Phi) is 6.23. The predicted octanol–water partition coefficient (Wildman–Crippen LogP) is 3.38. The van der Waals surface area contributed by atoms with Crippen LogP contribution in [0.3, 0.4) is 0 Å². The molecule has 5 nitrogen and oxygen atoms in total. The van der Waals surface area contributed by atoms with Gasteiger partial charge in [-0.2, -0.15) is 0 Å². The highest BCUT2D eigenvalue weighted by molar-refractivity contribution is 5.85. The van der Waals surface area contributed by atoms with Gasteiger partial charge in [-0.05, 0) is 67.3 Å². The van der Waals surface area contributed by atoms with E-state index < -0.39 is 0 Å². The highest BCUT2D eigenvalue weighted by Gasteiger charge is 2.51. The molecule has 158 valence electrons. The number of carbonyl (C=O) groups is 2. The number of nitrogens with one attached hydrogen (secondary N) is 1. The fourth-order valence-corrected chi connectivity index (χ4v) is 6.49. The van der Waals surface area contributed by atoms with Crippen molar-refractivity contribution in [3.8, 4) is 0 Å². The monoisotopic (exact) mass is 398 g/mol. The van der Waals surface area contributed by atoms with Gasteiger partial charge in [0.2, 0.25) is 11.8 Å². The molecule has 0 unspecified atom stereocenters. The SMILES string of the molecule is COCCN(Cc1ccccc1)C(=O)CNC(=O)CC12CC3CC(CC(C3)C1)C2. The molecule has 1 aromatic rings. The molecular formula is C24H34N2O3. The summed E-state index contributed by atoms with van der Waals surface area (Å²) >= 11 is 0. The van der Waals surface area contributed by atoms with Gasteiger partial charge in [-0.25, -0.2) is 0 Å². The normalized spacial score (nSPS) is 29.6. The van der Waals surface area contributed by atoms with Gasteiger partial charge in [-0.3, -0.25) is 9.59 Å². The highest BCUT2D eigenvalue weighted by atomic mass is 16.5. The molecule has 0 saturated heterocycles. The largest absolute Gasteiger partial charge is 0.383 e. The Labute approximate surface area is 174 Å². The fraction of sp³-hybridized carbons (Fsp3) is 0.667. The van der Waals surface area contributed by atoms with Crippen LogP contribution in [0.15, 0.2) is 30.3 Å². The molecule has 1 aromatic carbocycles. The lowest BCUT2D eigenvalue weighted by Crippen LogP contribution is -2.48. The third kappa shape index (κ3) is 5.00. The van der Waals surface area contributed by atoms with Crippen molar-refractivity contribution in [3.05, 3.63) is 35.9 Å². The maximum atomic E-state index is 12.8. The van der Waals surface area contributed by atoms with Crippen molar-refractivity contribution in [2.45, 2.75) is 51.5 Å². The number of hydrogen-bond acceptors (Lipinski definition) is 3. The molecule has 0 spiro atoms. The first-order chi connectivity index (χ1) is 14.0. The van der Waals surface area contributed by atoms with Crippen LogP contribution in [0.25, 0.3) is 0 Å². The number of methoxy groups -OCH3 is 1. The molecule has 4 bridgehead atoms. The zero-order valence-corrected chi connectivity index (χ0v) is 17.6. The van der Waals surface area contributed by atoms with Crippen LogP contribution in [0.2, 0.25) is 0 Å². The minimum atomic E-state index is -0.0511. The Hall–Kier alpha value is -1.88. The fourth-order valence-electron chi connectivity index (χ4n) is 6.49. The van der Waals surface area contributed by atoms with Crippen molar-refractivity contribution in [2.24, 2.45) is 23.2 Å². The molecular weight excluding hydrogens is 364 g/mol. The Bertz CT molecular complexity index is 683. The number of hydrogen-bond donors (Lipinski definition) is 1. The smallest absolute Gasteiger partial charge is 0.242 e. The third-order valence-electron chi connectivity index (χ3n) is 7.27. The molecule has 0 heterocycles. The summed E-state index contributed by atoms with van der Waals surface area (Å²) in [6.45, 7) is 1.62. The molecule has 4 aliphatic rings. The van der Waals surface area contributed by atoms with Gasteiger partial charge in [0.05, 0.1) is 13.2 Å². The number of nitrogens with zero attached hydrogens (tertiary/aromatic N) is 1. The Morgan fingerprint density at radius 2 is 1.69 bits per heavy atom. The summed E-state index contributed by atoms with van der Waals surface area (Å²) in [5.41, 5.74) is 1.29. The molecule has 4 aliphatic carbocycles. The quantitative estimate of drug-likeness (QED) is 0.694. The second-order valence-electron chi connectivity index (χ2n) is 9.66. The van der Waals surface area contributed by atoms with E-state index in [1.807, 2.05) is 30.3 Å². The van der Waals surface area contributed by atoms with Crippen LogP contribution in [0.5, 0.6) is 0 Å². The van der Waals surface area contributed by atoms with Crippen LogP contribution in [0, 0.1) is 23.2 Å². The molecule has 5 rings (SSSR count). The van der Waals surface area contributed by atoms with E-state index in [0.29, 0.717) is 26.1 Å². The van der Waals surface area contributed by atoms with E-state index >= 15 is 0 Å². The minimum absolute atomic E-state index is 0.0479. The summed E-state index contributed by atoms with van der Waals surface area (Å²) in [5.74, 6) is 2.51. The lowest BCUT2D eigenvalue weighted by Gasteiger charge is -2.56. The lowest BCUT2D eigenvalue weighted by molar-refractivity contribution is -0.136. The number of carbonyl (C=O) groups excluding carboxylic acids is 2. The van der Waals surface area contributed by atoms with E-state index in [2.05, 4.69) is 5.32 Å². The van der Waals surface area contributed by atoms with Gasteiger partial charge in [0.25, 0.3) is 0 Å². The highest BCUT2D eigenvalue weighted by Crippen LogP contribution is 2.61. The van der Waals surface area contributed by atoms with Crippen molar-refractivity contribution in [2.75, 3.05) is 26.8 Å². The second-order valence-corrected chi connectivity index (χ2v) is 9.66. The Morgan fingerprint density at radius 1 is 1.07 bits per heavy atom. The van der Waals surface area contributed by atoms with Gasteiger partial charge in [-0.1, -0.05) is 30.3 Å². The molecule has 0 aromatic heterocycles. The van der Waals surface area contributed by atoms with Crippen molar-refractivity contribution < 1.29 is 14.3 Å². The van der Waals surface area contributed by atoms with Crippen molar-refractivity contribution in [3.63, 3.8) is 0 Å². The van der Waals surface area contributed by atoms with Crippen LogP contribution in [0.1, 0.15) is 50.5 Å². The van der Waals surface area contributed by atoms with Gasteiger partial charge < -0.3 is 15.0 Å². The van der Waals surface area contributed by atoms with E-state index in [0.717, 1.165) is 23.3 Å². The van der Waals surface area contributed by atoms with E-state index in [1.165, 1.54) is 38.5 Å². The first-order valence-electron chi connectivity index (χ1n) is 11.1. The van der Waals surface area contributed by atoms with E-state index in [9.17, 15) is 9.59 Å². The number of amides is 2. The molecule has 0 atom stereocenters. The molecule has 2 amide bonds. The maximum Gasteiger partial charge on any atom is 0.242 e. The summed E-state index contributed by atoms with van der Waals surface area (Å²) < 4.78 is 5.16. The van der Waals surface area contributed by atoms with Crippen molar-refractivity contribution in [1.82, 2.24) is 10.2 Å². The Balaban J connectivity index is 1.29. The molecule has 0 radical (unpaired) electrons. The first kappa shape index (κ1) is 20.4. The van der Waals surface area contributed by atoms with Gasteiger partial charge in [0.15, 0.2) is 0 Å². The van der Waals surface area contributed by atoms with Crippen LogP contribution >= 0.6 is 0 Å². The molecule has 0 aliphatic heterocycles. The molecule has 4 saturated carbocycles. The molecule has 1 N–H and O–H groups in total. The van der Waals surface area contributed by atoms with Crippen LogP contribution < -0.4 is 5.32 Å². The zero-order chi connectivity index (χ0) is 20.3. The summed E-state index contributed by atoms with van der Waals surface area (Å²) in [4.78, 5) is 27.3. The van der Waals surface area contributed by atoms with Crippen LogP contribution in [0.4, 0.5) is 0 Å². The van der Waals surface area contributed by atoms with Gasteiger partial charge >= 0.3 is 0 Å². The average Bonchev–Trinajstić information content (AvgIpc) is 2.68. The number of ether oxygens (including phenoxy) is 1. The summed E-state index contributed by atoms with van der Waals surface area (Å²) in [6.07, 6.45) is 8.39. The topological polar surface area (TPSA) is 58.6 Å².